The Morgan fingerprint density at radius 1 is 1.50 bits per heavy atom. The normalized spacial score (nSPS) is 11.1. The molecule has 1 N–H and O–H groups in total. The average Bonchev–Trinajstić information content (AvgIpc) is 2.60. The van der Waals surface area contributed by atoms with Crippen LogP contribution < -0.4 is 5.46 Å². The molecule has 0 aliphatic carbocycles. The van der Waals surface area contributed by atoms with Crippen LogP contribution in [-0.2, 0) is 0 Å². The van der Waals surface area contributed by atoms with Gasteiger partial charge in [-0.3, -0.25) is 0 Å². The van der Waals surface area contributed by atoms with Gasteiger partial charge < -0.3 is 4.98 Å². The van der Waals surface area contributed by atoms with E-state index in [0.717, 1.165) is 18.1 Å². The van der Waals surface area contributed by atoms with E-state index in [0.29, 0.717) is 5.65 Å². The van der Waals surface area contributed by atoms with Crippen LogP contribution in [0, 0.1) is 0 Å². The Balaban J connectivity index is 2.64. The van der Waals surface area contributed by atoms with Crippen molar-refractivity contribution >= 4 is 23.8 Å². The number of aromatic amines is 1. The Kier molecular flexibility index (Phi) is 2.23. The Morgan fingerprint density at radius 3 is 2.93 bits per heavy atom. The third-order valence-electron chi connectivity index (χ3n) is 2.26. The molecule has 14 heavy (non-hydrogen) atoms. The number of hydrogen-bond acceptors (Lipinski definition) is 1. The van der Waals surface area contributed by atoms with E-state index in [1.165, 1.54) is 6.07 Å². The van der Waals surface area contributed by atoms with E-state index in [9.17, 15) is 8.78 Å². The molecule has 0 aliphatic rings. The van der Waals surface area contributed by atoms with Gasteiger partial charge in [0.25, 0.3) is 6.43 Å². The minimum atomic E-state index is -2.46. The minimum absolute atomic E-state index is 0.0617. The molecule has 0 radical (unpaired) electrons. The summed E-state index contributed by atoms with van der Waals surface area (Å²) in [6.07, 6.45) is -0.832. The lowest BCUT2D eigenvalue weighted by molar-refractivity contribution is 0.147. The van der Waals surface area contributed by atoms with Crippen LogP contribution in [0.15, 0.2) is 18.3 Å². The molecule has 0 atom stereocenters. The Bertz CT molecular complexity index is 453. The van der Waals surface area contributed by atoms with Crippen molar-refractivity contribution in [2.24, 2.45) is 0 Å². The van der Waals surface area contributed by atoms with Gasteiger partial charge in [-0.2, -0.15) is 0 Å². The van der Waals surface area contributed by atoms with Crippen molar-refractivity contribution < 1.29 is 8.78 Å². The van der Waals surface area contributed by atoms with Crippen LogP contribution in [0.5, 0.6) is 0 Å². The van der Waals surface area contributed by atoms with Crippen molar-refractivity contribution in [2.75, 3.05) is 0 Å². The predicted molar refractivity (Wildman–Crippen MR) is 53.7 cm³/mol. The highest BCUT2D eigenvalue weighted by molar-refractivity contribution is 6.55. The number of fused-ring (bicyclic) bond motifs is 1. The summed E-state index contributed by atoms with van der Waals surface area (Å²) in [6, 6.07) is 3.33. The first-order valence-electron chi connectivity index (χ1n) is 4.47. The number of rotatable bonds is 2. The summed E-state index contributed by atoms with van der Waals surface area (Å²) in [5, 5.41) is 0.797. The zero-order chi connectivity index (χ0) is 10.1. The number of pyridine rings is 1. The summed E-state index contributed by atoms with van der Waals surface area (Å²) in [5.74, 6) is 0. The summed E-state index contributed by atoms with van der Waals surface area (Å²) in [5.41, 5.74) is 1.52. The van der Waals surface area contributed by atoms with Gasteiger partial charge in [0.15, 0.2) is 7.28 Å². The molecule has 2 rings (SSSR count). The van der Waals surface area contributed by atoms with Gasteiger partial charge in [0, 0.05) is 11.6 Å². The number of nitrogens with zero attached hydrogens (tertiary/aromatic N) is 1. The number of halogens is 2. The van der Waals surface area contributed by atoms with Crippen molar-refractivity contribution in [3.8, 4) is 0 Å². The maximum absolute atomic E-state index is 12.4. The van der Waals surface area contributed by atoms with Crippen LogP contribution in [-0.4, -0.2) is 17.2 Å². The van der Waals surface area contributed by atoms with Crippen LogP contribution in [0.2, 0.25) is 6.82 Å². The molecule has 0 aromatic carbocycles. The summed E-state index contributed by atoms with van der Waals surface area (Å²) >= 11 is 0. The zero-order valence-corrected chi connectivity index (χ0v) is 7.72. The van der Waals surface area contributed by atoms with Gasteiger partial charge in [-0.05, 0) is 12.1 Å². The standard InChI is InChI=1S/C9H9BF2N2/c1-10-6-2-3-13-9-5(6)4-7(14-9)8(11)12/h2-4,8,10H,1H3,(H,13,14). The summed E-state index contributed by atoms with van der Waals surface area (Å²) in [4.78, 5) is 6.61. The molecule has 0 aliphatic heterocycles. The Morgan fingerprint density at radius 2 is 2.29 bits per heavy atom. The van der Waals surface area contributed by atoms with Crippen molar-refractivity contribution in [3.63, 3.8) is 0 Å². The third-order valence-corrected chi connectivity index (χ3v) is 2.26. The van der Waals surface area contributed by atoms with Gasteiger partial charge in [0.1, 0.15) is 5.65 Å². The third kappa shape index (κ3) is 1.39. The molecule has 2 aromatic rings. The molecular formula is C9H9BF2N2. The largest absolute Gasteiger partial charge is 0.338 e. The van der Waals surface area contributed by atoms with E-state index in [1.54, 1.807) is 6.20 Å². The van der Waals surface area contributed by atoms with Crippen LogP contribution in [0.4, 0.5) is 8.78 Å². The second-order valence-corrected chi connectivity index (χ2v) is 3.11. The number of aromatic nitrogens is 2. The highest BCUT2D eigenvalue weighted by Crippen LogP contribution is 2.20. The van der Waals surface area contributed by atoms with Crippen LogP contribution in [0.3, 0.4) is 0 Å². The van der Waals surface area contributed by atoms with Gasteiger partial charge in [0.05, 0.1) is 5.69 Å². The number of alkyl halides is 2. The SMILES string of the molecule is CBc1ccnc2[nH]c(C(F)F)cc12. The van der Waals surface area contributed by atoms with Gasteiger partial charge in [-0.25, -0.2) is 13.8 Å². The second kappa shape index (κ2) is 3.40. The van der Waals surface area contributed by atoms with E-state index in [2.05, 4.69) is 9.97 Å². The fraction of sp³-hybridized carbons (Fsp3) is 0.222. The highest BCUT2D eigenvalue weighted by atomic mass is 19.3. The highest BCUT2D eigenvalue weighted by Gasteiger charge is 2.12. The lowest BCUT2D eigenvalue weighted by Crippen LogP contribution is -2.10. The summed E-state index contributed by atoms with van der Waals surface area (Å²) in [6.45, 7) is 1.99. The van der Waals surface area contributed by atoms with E-state index < -0.39 is 6.43 Å². The van der Waals surface area contributed by atoms with E-state index in [-0.39, 0.29) is 5.69 Å². The maximum atomic E-state index is 12.4. The van der Waals surface area contributed by atoms with E-state index >= 15 is 0 Å². The molecule has 2 heterocycles. The zero-order valence-electron chi connectivity index (χ0n) is 7.72. The predicted octanol–water partition coefficient (Wildman–Crippen LogP) is 1.61. The smallest absolute Gasteiger partial charge is 0.278 e. The molecule has 72 valence electrons. The second-order valence-electron chi connectivity index (χ2n) is 3.11. The number of nitrogens with one attached hydrogen (secondary N) is 1. The molecule has 0 bridgehead atoms. The van der Waals surface area contributed by atoms with Crippen molar-refractivity contribution in [1.82, 2.24) is 9.97 Å². The van der Waals surface area contributed by atoms with Crippen molar-refractivity contribution in [3.05, 3.63) is 24.0 Å². The molecule has 0 saturated heterocycles. The van der Waals surface area contributed by atoms with Crippen LogP contribution in [0.1, 0.15) is 12.1 Å². The molecule has 0 fully saturated rings. The minimum Gasteiger partial charge on any atom is -0.338 e. The molecule has 5 heteroatoms. The number of H-pyrrole nitrogens is 1. The average molecular weight is 194 g/mol. The molecule has 0 amide bonds. The van der Waals surface area contributed by atoms with Gasteiger partial charge in [-0.1, -0.05) is 12.3 Å². The lowest BCUT2D eigenvalue weighted by atomic mass is 9.72. The Labute approximate surface area is 80.6 Å². The van der Waals surface area contributed by atoms with Crippen LogP contribution in [0.25, 0.3) is 11.0 Å². The van der Waals surface area contributed by atoms with Crippen molar-refractivity contribution in [2.45, 2.75) is 13.2 Å². The molecule has 2 nitrogen and oxygen atoms in total. The van der Waals surface area contributed by atoms with Gasteiger partial charge >= 0.3 is 0 Å². The van der Waals surface area contributed by atoms with Gasteiger partial charge in [-0.15, -0.1) is 0 Å². The first-order valence-corrected chi connectivity index (χ1v) is 4.47. The first-order chi connectivity index (χ1) is 6.72. The van der Waals surface area contributed by atoms with Crippen LogP contribution >= 0.6 is 0 Å². The maximum Gasteiger partial charge on any atom is 0.278 e. The van der Waals surface area contributed by atoms with Crippen molar-refractivity contribution in [1.29, 1.82) is 0 Å². The fourth-order valence-electron chi connectivity index (χ4n) is 1.53. The quantitative estimate of drug-likeness (QED) is 0.722. The summed E-state index contributed by atoms with van der Waals surface area (Å²) in [7, 11) is 0.819. The van der Waals surface area contributed by atoms with E-state index in [1.807, 2.05) is 12.9 Å². The topological polar surface area (TPSA) is 28.7 Å². The molecule has 0 saturated carbocycles. The summed E-state index contributed by atoms with van der Waals surface area (Å²) < 4.78 is 24.8. The first kappa shape index (κ1) is 9.18. The molecular weight excluding hydrogens is 185 g/mol. The molecule has 0 unspecified atom stereocenters. The monoisotopic (exact) mass is 194 g/mol. The molecule has 2 aromatic heterocycles. The lowest BCUT2D eigenvalue weighted by Gasteiger charge is -1.95. The Hall–Kier alpha value is -1.39. The fourth-order valence-corrected chi connectivity index (χ4v) is 1.53. The van der Waals surface area contributed by atoms with Gasteiger partial charge in [0.2, 0.25) is 0 Å². The molecule has 0 spiro atoms. The van der Waals surface area contributed by atoms with E-state index in [4.69, 9.17) is 0 Å². The number of hydrogen-bond donors (Lipinski definition) is 1.